The average Bonchev–Trinajstić information content (AvgIpc) is 4.06. The molecule has 0 saturated carbocycles. The Balaban J connectivity index is 0.000000706. The van der Waals surface area contributed by atoms with E-state index >= 15 is 0 Å². The summed E-state index contributed by atoms with van der Waals surface area (Å²) in [6.07, 6.45) is 31.8. The minimum atomic E-state index is -1.21. The summed E-state index contributed by atoms with van der Waals surface area (Å²) in [7, 11) is 0. The second-order valence-corrected chi connectivity index (χ2v) is 9.96. The van der Waals surface area contributed by atoms with Gasteiger partial charge in [0.2, 0.25) is 0 Å². The summed E-state index contributed by atoms with van der Waals surface area (Å²) in [5, 5.41) is 59.2. The van der Waals surface area contributed by atoms with E-state index in [2.05, 4.69) is 59.8 Å². The summed E-state index contributed by atoms with van der Waals surface area (Å²) in [6.45, 7) is 0. The van der Waals surface area contributed by atoms with Crippen LogP contribution >= 0.6 is 0 Å². The third kappa shape index (κ3) is 31.0. The topological polar surface area (TPSA) is 413 Å². The van der Waals surface area contributed by atoms with Gasteiger partial charge >= 0.3 is 0 Å². The first-order chi connectivity index (χ1) is 28.7. The van der Waals surface area contributed by atoms with Gasteiger partial charge in [-0.25, -0.2) is 29.9 Å². The number of rotatable bonds is 12. The van der Waals surface area contributed by atoms with Gasteiger partial charge in [-0.05, 0) is 72.9 Å². The summed E-state index contributed by atoms with van der Waals surface area (Å²) in [4.78, 5) is 97.5. The number of carboxylic acid groups (broad SMARTS) is 6. The van der Waals surface area contributed by atoms with Crippen LogP contribution in [0.2, 0.25) is 0 Å². The summed E-state index contributed by atoms with van der Waals surface area (Å²) in [5.41, 5.74) is 3.86. The van der Waals surface area contributed by atoms with Crippen LogP contribution in [-0.4, -0.2) is 95.6 Å². The van der Waals surface area contributed by atoms with E-state index in [1.54, 1.807) is 0 Å². The minimum Gasteiger partial charge on any atom is -0.545 e. The van der Waals surface area contributed by atoms with Crippen molar-refractivity contribution in [2.24, 2.45) is 0 Å². The van der Waals surface area contributed by atoms with E-state index in [4.69, 9.17) is 0 Å². The average molecular weight is 919 g/mol. The summed E-state index contributed by atoms with van der Waals surface area (Å²) >= 11 is 0. The van der Waals surface area contributed by atoms with Gasteiger partial charge in [0.25, 0.3) is 0 Å². The third-order valence-corrected chi connectivity index (χ3v) is 5.51. The van der Waals surface area contributed by atoms with E-state index in [9.17, 15) is 59.4 Å². The smallest absolute Gasteiger partial charge is 0.0924 e. The number of nitrogens with one attached hydrogen (secondary N) is 6. The number of carbonyl (C=O) groups is 6. The normalized spacial score (nSPS) is 10.2. The molecule has 25 heteroatoms. The number of hydrogen-bond acceptors (Lipinski definition) is 18. The van der Waals surface area contributed by atoms with Crippen molar-refractivity contribution in [3.05, 3.63) is 146 Å². The van der Waals surface area contributed by atoms with Crippen LogP contribution in [0.15, 0.2) is 112 Å². The number of H-pyrrole nitrogens is 6. The quantitative estimate of drug-likeness (QED) is 0.0494. The number of nitrogens with zero attached hydrogens (tertiary/aromatic N) is 6. The molecular weight excluding hydrogens is 888 g/mol. The number of aliphatic carboxylic acids is 6. The molecule has 0 atom stereocenters. The van der Waals surface area contributed by atoms with E-state index < -0.39 is 35.8 Å². The Kier molecular flexibility index (Phi) is 27.7. The molecule has 0 aliphatic heterocycles. The molecule has 318 valence electrons. The van der Waals surface area contributed by atoms with Gasteiger partial charge in [0, 0.05) is 21.1 Å². The maximum absolute atomic E-state index is 9.86. The maximum atomic E-state index is 9.86. The molecule has 6 heterocycles. The van der Waals surface area contributed by atoms with Gasteiger partial charge in [-0.1, -0.05) is 0 Å². The Labute approximate surface area is 357 Å². The fourth-order valence-electron chi connectivity index (χ4n) is 3.09. The van der Waals surface area contributed by atoms with Crippen LogP contribution in [0.5, 0.6) is 0 Å². The standard InChI is InChI=1S/6C6H6N2O2.Mo/c6*9-6(10)2-1-5-3-7-4-8-5;/h6*1-4H,(H,7,8)(H,9,10);/p-6. The molecule has 0 aromatic carbocycles. The van der Waals surface area contributed by atoms with Crippen LogP contribution in [-0.2, 0) is 49.8 Å². The zero-order valence-electron chi connectivity index (χ0n) is 30.8. The molecule has 0 unspecified atom stereocenters. The molecule has 0 aliphatic rings. The predicted molar refractivity (Wildman–Crippen MR) is 196 cm³/mol. The molecule has 0 bridgehead atoms. The summed E-state index contributed by atoms with van der Waals surface area (Å²) in [5.74, 6) is -7.28. The molecular formula is C36H30MoN12O12-6. The van der Waals surface area contributed by atoms with E-state index in [0.29, 0.717) is 34.2 Å². The van der Waals surface area contributed by atoms with Crippen LogP contribution in [0.1, 0.15) is 34.2 Å². The van der Waals surface area contributed by atoms with Crippen molar-refractivity contribution in [2.75, 3.05) is 0 Å². The number of carbonyl (C=O) groups excluding carboxylic acids is 6. The van der Waals surface area contributed by atoms with E-state index in [1.807, 2.05) is 0 Å². The Morgan fingerprint density at radius 1 is 0.311 bits per heavy atom. The summed E-state index contributed by atoms with van der Waals surface area (Å²) < 4.78 is 0. The van der Waals surface area contributed by atoms with Crippen molar-refractivity contribution in [3.8, 4) is 0 Å². The second-order valence-electron chi connectivity index (χ2n) is 9.96. The van der Waals surface area contributed by atoms with Crippen LogP contribution in [0.3, 0.4) is 0 Å². The van der Waals surface area contributed by atoms with Crippen LogP contribution in [0.4, 0.5) is 0 Å². The van der Waals surface area contributed by atoms with E-state index in [0.717, 1.165) is 36.5 Å². The third-order valence-electron chi connectivity index (χ3n) is 5.51. The fourth-order valence-corrected chi connectivity index (χ4v) is 3.09. The Morgan fingerprint density at radius 3 is 0.525 bits per heavy atom. The second kappa shape index (κ2) is 32.3. The van der Waals surface area contributed by atoms with Gasteiger partial charge in [-0.2, -0.15) is 0 Å². The first kappa shape index (κ1) is 52.2. The number of hydrogen-bond donors (Lipinski definition) is 6. The fraction of sp³-hybridized carbons (Fsp3) is 0. The number of aromatic amines is 6. The van der Waals surface area contributed by atoms with E-state index in [1.165, 1.54) is 112 Å². The number of carboxylic acids is 6. The predicted octanol–water partition coefficient (Wildman–Crippen LogP) is -4.97. The SMILES string of the molecule is O=C([O-])C=Cc1cnc[nH]1.O=C([O-])C=Cc1cnc[nH]1.O=C([O-])C=Cc1cnc[nH]1.O=C([O-])C=Cc1cnc[nH]1.O=C([O-])C=Cc1cnc[nH]1.O=C([O-])C=Cc1cnc[nH]1.[Mo]. The molecule has 6 N–H and O–H groups in total. The Bertz CT molecular complexity index is 1860. The molecule has 0 aliphatic carbocycles. The maximum Gasteiger partial charge on any atom is 0.0924 e. The van der Waals surface area contributed by atoms with Gasteiger partial charge in [0.05, 0.1) is 145 Å². The number of imidazole rings is 6. The van der Waals surface area contributed by atoms with Crippen LogP contribution in [0.25, 0.3) is 36.5 Å². The van der Waals surface area contributed by atoms with Gasteiger partial charge in [0.15, 0.2) is 0 Å². The Hall–Kier alpha value is -8.79. The molecule has 6 rings (SSSR count). The van der Waals surface area contributed by atoms with Crippen LogP contribution < -0.4 is 30.6 Å². The molecule has 0 radical (unpaired) electrons. The molecule has 0 fully saturated rings. The molecule has 6 aromatic heterocycles. The summed E-state index contributed by atoms with van der Waals surface area (Å²) in [6, 6.07) is 0. The van der Waals surface area contributed by atoms with E-state index in [-0.39, 0.29) is 21.1 Å². The van der Waals surface area contributed by atoms with Gasteiger partial charge in [-0.3, -0.25) is 0 Å². The van der Waals surface area contributed by atoms with Crippen molar-refractivity contribution >= 4 is 72.3 Å². The molecule has 0 spiro atoms. The molecule has 0 amide bonds. The zero-order chi connectivity index (χ0) is 44.4. The van der Waals surface area contributed by atoms with Gasteiger partial charge < -0.3 is 89.3 Å². The Morgan fingerprint density at radius 2 is 0.443 bits per heavy atom. The molecule has 0 saturated heterocycles. The monoisotopic (exact) mass is 920 g/mol. The number of aromatic nitrogens is 12. The molecule has 24 nitrogen and oxygen atoms in total. The minimum absolute atomic E-state index is 0. The zero-order valence-corrected chi connectivity index (χ0v) is 32.9. The largest absolute Gasteiger partial charge is 0.545 e. The van der Waals surface area contributed by atoms with Crippen molar-refractivity contribution in [2.45, 2.75) is 0 Å². The first-order valence-electron chi connectivity index (χ1n) is 16.0. The van der Waals surface area contributed by atoms with Gasteiger partial charge in [-0.15, -0.1) is 0 Å². The van der Waals surface area contributed by atoms with Crippen molar-refractivity contribution in [1.29, 1.82) is 0 Å². The van der Waals surface area contributed by atoms with Crippen molar-refractivity contribution in [1.82, 2.24) is 59.8 Å². The molecule has 61 heavy (non-hydrogen) atoms. The molecule has 6 aromatic rings. The van der Waals surface area contributed by atoms with Crippen molar-refractivity contribution in [3.63, 3.8) is 0 Å². The van der Waals surface area contributed by atoms with Crippen LogP contribution in [0, 0.1) is 0 Å². The van der Waals surface area contributed by atoms with Gasteiger partial charge in [0.1, 0.15) is 0 Å². The van der Waals surface area contributed by atoms with Crippen molar-refractivity contribution < 1.29 is 80.5 Å². The first-order valence-corrected chi connectivity index (χ1v) is 16.0.